The van der Waals surface area contributed by atoms with Gasteiger partial charge in [0.05, 0.1) is 0 Å². The van der Waals surface area contributed by atoms with E-state index in [1.54, 1.807) is 6.08 Å². The molecule has 27 heavy (non-hydrogen) atoms. The number of rotatable bonds is 11. The average Bonchev–Trinajstić information content (AvgIpc) is 2.49. The summed E-state index contributed by atoms with van der Waals surface area (Å²) in [6.45, 7) is 15.4. The number of carbonyl (C=O) groups is 1. The smallest absolute Gasteiger partial charge is 0.328 e. The van der Waals surface area contributed by atoms with Crippen molar-refractivity contribution in [3.8, 4) is 0 Å². The maximum Gasteiger partial charge on any atom is 0.328 e. The van der Waals surface area contributed by atoms with Crippen LogP contribution in [-0.2, 0) is 20.1 Å². The summed E-state index contributed by atoms with van der Waals surface area (Å²) in [5.41, 5.74) is 2.16. The van der Waals surface area contributed by atoms with E-state index in [4.69, 9.17) is 14.0 Å². The van der Waals surface area contributed by atoms with Gasteiger partial charge in [-0.15, -0.1) is 0 Å². The minimum Gasteiger partial charge on any atom is -0.478 e. The zero-order valence-corrected chi connectivity index (χ0v) is 20.7. The highest BCUT2D eigenvalue weighted by Crippen LogP contribution is 2.20. The quantitative estimate of drug-likeness (QED) is 0.307. The molecule has 1 rings (SSSR count). The van der Waals surface area contributed by atoms with Crippen molar-refractivity contribution in [2.24, 2.45) is 5.92 Å². The molecule has 1 aromatic rings. The highest BCUT2D eigenvalue weighted by molar-refractivity contribution is 6.71. The predicted octanol–water partition coefficient (Wildman–Crippen LogP) is 5.07. The number of hydrogen-bond donors (Lipinski definition) is 1. The summed E-state index contributed by atoms with van der Waals surface area (Å²) >= 11 is 0. The molecular formula is C20H34O4Si3. The molecule has 0 spiro atoms. The third kappa shape index (κ3) is 11.4. The van der Waals surface area contributed by atoms with Crippen molar-refractivity contribution in [1.82, 2.24) is 0 Å². The Hall–Kier alpha value is -0.999. The minimum atomic E-state index is -1.66. The van der Waals surface area contributed by atoms with Crippen molar-refractivity contribution in [3.63, 3.8) is 0 Å². The molecule has 1 unspecified atom stereocenters. The van der Waals surface area contributed by atoms with Crippen LogP contribution in [0.5, 0.6) is 0 Å². The largest absolute Gasteiger partial charge is 0.478 e. The molecule has 4 nitrogen and oxygen atoms in total. The van der Waals surface area contributed by atoms with Gasteiger partial charge in [-0.2, -0.15) is 0 Å². The standard InChI is InChI=1S/C20H34O4Si3/c1-16(14-18-11-9-8-10-17(18)12-13-19(21)22)15-25-20(23-26(2,3)4)24-27(5,6)7/h8-13,16,20H,14-15H2,1-7H3,(H,21,22)/b13-12+. The predicted molar refractivity (Wildman–Crippen MR) is 119 cm³/mol. The van der Waals surface area contributed by atoms with Crippen LogP contribution in [0.15, 0.2) is 30.3 Å². The summed E-state index contributed by atoms with van der Waals surface area (Å²) in [6.07, 6.45) is 3.79. The Balaban J connectivity index is 2.72. The maximum atomic E-state index is 10.8. The lowest BCUT2D eigenvalue weighted by molar-refractivity contribution is -0.131. The van der Waals surface area contributed by atoms with Crippen molar-refractivity contribution in [2.45, 2.75) is 64.6 Å². The van der Waals surface area contributed by atoms with Crippen LogP contribution in [-0.4, -0.2) is 43.1 Å². The van der Waals surface area contributed by atoms with E-state index in [-0.39, 0.29) is 5.91 Å². The van der Waals surface area contributed by atoms with Gasteiger partial charge in [0.15, 0.2) is 16.6 Å². The molecule has 1 aromatic carbocycles. The molecule has 0 bridgehead atoms. The van der Waals surface area contributed by atoms with E-state index in [1.165, 1.54) is 11.6 Å². The van der Waals surface area contributed by atoms with Crippen LogP contribution >= 0.6 is 0 Å². The molecule has 2 radical (unpaired) electrons. The SMILES string of the molecule is CC(C[Si]C(O[Si](C)(C)C)O[Si](C)(C)C)Cc1ccccc1/C=C/C(=O)O. The topological polar surface area (TPSA) is 55.8 Å². The number of carboxylic acid groups (broad SMARTS) is 1. The second-order valence-electron chi connectivity index (χ2n) is 8.88. The highest BCUT2D eigenvalue weighted by Gasteiger charge is 2.27. The molecule has 7 heteroatoms. The summed E-state index contributed by atoms with van der Waals surface area (Å²) in [5, 5.41) is 8.87. The first-order chi connectivity index (χ1) is 12.4. The Labute approximate surface area is 169 Å². The van der Waals surface area contributed by atoms with Crippen LogP contribution in [0, 0.1) is 5.92 Å². The zero-order chi connectivity index (χ0) is 20.7. The molecule has 1 N–H and O–H groups in total. The van der Waals surface area contributed by atoms with Gasteiger partial charge in [-0.1, -0.05) is 37.2 Å². The van der Waals surface area contributed by atoms with Crippen molar-refractivity contribution >= 4 is 38.2 Å². The fourth-order valence-electron chi connectivity index (χ4n) is 2.54. The van der Waals surface area contributed by atoms with Crippen molar-refractivity contribution in [3.05, 3.63) is 41.5 Å². The van der Waals surface area contributed by atoms with Gasteiger partial charge < -0.3 is 14.0 Å². The van der Waals surface area contributed by atoms with Gasteiger partial charge in [-0.25, -0.2) is 4.79 Å². The Morgan fingerprint density at radius 2 is 1.67 bits per heavy atom. The average molecular weight is 423 g/mol. The van der Waals surface area contributed by atoms with Gasteiger partial charge in [-0.3, -0.25) is 0 Å². The lowest BCUT2D eigenvalue weighted by Crippen LogP contribution is -2.43. The normalized spacial score (nSPS) is 14.1. The van der Waals surface area contributed by atoms with E-state index in [0.717, 1.165) is 18.0 Å². The molecule has 0 amide bonds. The first-order valence-electron chi connectivity index (χ1n) is 9.44. The molecule has 0 aliphatic carbocycles. The summed E-state index contributed by atoms with van der Waals surface area (Å²) in [5.74, 6) is -0.539. The molecule has 0 aliphatic heterocycles. The van der Waals surface area contributed by atoms with E-state index in [1.807, 2.05) is 18.2 Å². The first kappa shape index (κ1) is 24.0. The fraction of sp³-hybridized carbons (Fsp3) is 0.550. The van der Waals surface area contributed by atoms with Crippen LogP contribution in [0.25, 0.3) is 6.08 Å². The van der Waals surface area contributed by atoms with Gasteiger partial charge in [0.25, 0.3) is 0 Å². The Morgan fingerprint density at radius 3 is 2.19 bits per heavy atom. The number of benzene rings is 1. The molecule has 0 aromatic heterocycles. The number of carboxylic acids is 1. The van der Waals surface area contributed by atoms with Crippen molar-refractivity contribution < 1.29 is 18.8 Å². The summed E-state index contributed by atoms with van der Waals surface area (Å²) in [4.78, 5) is 10.8. The van der Waals surface area contributed by atoms with Gasteiger partial charge >= 0.3 is 5.97 Å². The Bertz CT molecular complexity index is 617. The maximum absolute atomic E-state index is 10.8. The molecule has 0 heterocycles. The molecule has 0 saturated heterocycles. The van der Waals surface area contributed by atoms with Crippen LogP contribution < -0.4 is 0 Å². The van der Waals surface area contributed by atoms with Crippen LogP contribution in [0.1, 0.15) is 18.1 Å². The van der Waals surface area contributed by atoms with Gasteiger partial charge in [0.1, 0.15) is 15.4 Å². The van der Waals surface area contributed by atoms with Gasteiger partial charge in [0.2, 0.25) is 0 Å². The van der Waals surface area contributed by atoms with Gasteiger partial charge in [0, 0.05) is 6.08 Å². The van der Waals surface area contributed by atoms with Crippen LogP contribution in [0.3, 0.4) is 0 Å². The summed E-state index contributed by atoms with van der Waals surface area (Å²) in [7, 11) is -2.71. The zero-order valence-electron chi connectivity index (χ0n) is 17.7. The Kier molecular flexibility index (Phi) is 9.37. The lowest BCUT2D eigenvalue weighted by atomic mass is 9.97. The Morgan fingerprint density at radius 1 is 1.11 bits per heavy atom. The summed E-state index contributed by atoms with van der Waals surface area (Å²) < 4.78 is 12.6. The molecule has 0 saturated carbocycles. The molecule has 150 valence electrons. The second-order valence-corrected chi connectivity index (χ2v) is 19.1. The molecular weight excluding hydrogens is 388 g/mol. The highest BCUT2D eigenvalue weighted by atomic mass is 28.4. The third-order valence-corrected chi connectivity index (χ3v) is 7.40. The minimum absolute atomic E-state index is 0.0899. The lowest BCUT2D eigenvalue weighted by Gasteiger charge is -2.32. The van der Waals surface area contributed by atoms with E-state index in [9.17, 15) is 4.79 Å². The van der Waals surface area contributed by atoms with E-state index in [2.05, 4.69) is 52.3 Å². The van der Waals surface area contributed by atoms with Crippen molar-refractivity contribution in [1.29, 1.82) is 0 Å². The van der Waals surface area contributed by atoms with Crippen LogP contribution in [0.2, 0.25) is 45.3 Å². The fourth-order valence-corrected chi connectivity index (χ4v) is 7.54. The van der Waals surface area contributed by atoms with E-state index < -0.39 is 22.6 Å². The second kappa shape index (κ2) is 10.5. The monoisotopic (exact) mass is 422 g/mol. The van der Waals surface area contributed by atoms with E-state index in [0.29, 0.717) is 15.4 Å². The molecule has 0 fully saturated rings. The first-order valence-corrected chi connectivity index (χ1v) is 17.5. The molecule has 1 atom stereocenters. The third-order valence-electron chi connectivity index (χ3n) is 3.58. The van der Waals surface area contributed by atoms with E-state index >= 15 is 0 Å². The van der Waals surface area contributed by atoms with Crippen LogP contribution in [0.4, 0.5) is 0 Å². The van der Waals surface area contributed by atoms with Crippen molar-refractivity contribution in [2.75, 3.05) is 0 Å². The number of aliphatic carboxylic acids is 1. The number of hydrogen-bond acceptors (Lipinski definition) is 3. The summed E-state index contributed by atoms with van der Waals surface area (Å²) in [6, 6.07) is 9.03. The molecule has 0 aliphatic rings. The van der Waals surface area contributed by atoms with Gasteiger partial charge in [-0.05, 0) is 68.8 Å².